The molecule has 0 aliphatic heterocycles. The van der Waals surface area contributed by atoms with E-state index in [1.165, 1.54) is 6.92 Å². The Morgan fingerprint density at radius 3 is 2.40 bits per heavy atom. The molecule has 0 amide bonds. The molecular weight excluding hydrogens is 128 g/mol. The molecule has 0 spiro atoms. The first-order valence-electron chi connectivity index (χ1n) is 4.47. The first-order chi connectivity index (χ1) is 6.00. The summed E-state index contributed by atoms with van der Waals surface area (Å²) in [5.74, 6) is -1.29. The maximum absolute atomic E-state index is 11.2. The molecule has 1 rings (SSSR count). The maximum atomic E-state index is 11.2. The highest BCUT2D eigenvalue weighted by atomic mass is 16.1. The van der Waals surface area contributed by atoms with Gasteiger partial charge in [0.2, 0.25) is 0 Å². The number of ketones is 2. The van der Waals surface area contributed by atoms with Gasteiger partial charge in [-0.2, -0.15) is 0 Å². The van der Waals surface area contributed by atoms with E-state index in [1.807, 2.05) is 0 Å². The second-order valence-corrected chi connectivity index (χ2v) is 2.01. The number of carbonyl (C=O) groups excluding carboxylic acids is 2. The number of hydrogen-bond acceptors (Lipinski definition) is 2. The highest BCUT2D eigenvalue weighted by Crippen LogP contribution is 2.09. The summed E-state index contributed by atoms with van der Waals surface area (Å²) in [7, 11) is 0. The molecule has 0 heterocycles. The third kappa shape index (κ3) is 1.05. The quantitative estimate of drug-likeness (QED) is 0.470. The zero-order chi connectivity index (χ0) is 10.2. The summed E-state index contributed by atoms with van der Waals surface area (Å²) in [5.41, 5.74) is -0.187. The van der Waals surface area contributed by atoms with Gasteiger partial charge in [0.1, 0.15) is 0 Å². The van der Waals surface area contributed by atoms with E-state index in [1.54, 1.807) is 0 Å². The van der Waals surface area contributed by atoms with E-state index in [2.05, 4.69) is 0 Å². The van der Waals surface area contributed by atoms with Gasteiger partial charge in [-0.05, 0) is 25.9 Å². The molecule has 0 bridgehead atoms. The second kappa shape index (κ2) is 2.21. The average molecular weight is 139 g/mol. The summed E-state index contributed by atoms with van der Waals surface area (Å²) in [4.78, 5) is 22.4. The molecule has 0 unspecified atom stereocenters. The number of carbonyl (C=O) groups is 2. The van der Waals surface area contributed by atoms with Crippen LogP contribution in [-0.4, -0.2) is 11.6 Å². The maximum Gasteiger partial charge on any atom is 0.182 e. The molecular formula is C8H8O2. The van der Waals surface area contributed by atoms with Crippen molar-refractivity contribution in [1.29, 1.82) is 0 Å². The Balaban J connectivity index is 3.29. The molecule has 1 aliphatic rings. The van der Waals surface area contributed by atoms with E-state index in [-0.39, 0.29) is 17.2 Å². The largest absolute Gasteiger partial charge is 0.290 e. The molecule has 0 saturated carbocycles. The lowest BCUT2D eigenvalue weighted by Gasteiger charge is -2.03. The van der Waals surface area contributed by atoms with Gasteiger partial charge in [-0.3, -0.25) is 9.59 Å². The zero-order valence-electron chi connectivity index (χ0n) is 8.52. The summed E-state index contributed by atoms with van der Waals surface area (Å²) >= 11 is 0. The monoisotopic (exact) mass is 139 g/mol. The van der Waals surface area contributed by atoms with Crippen LogP contribution >= 0.6 is 0 Å². The van der Waals surface area contributed by atoms with E-state index in [9.17, 15) is 9.59 Å². The SMILES string of the molecule is [2H]CC1=C([2H])C(=O)C(C)=C([2H])C1=O. The minimum atomic E-state index is -0.669. The van der Waals surface area contributed by atoms with E-state index in [0.29, 0.717) is 0 Å². The van der Waals surface area contributed by atoms with E-state index < -0.39 is 24.5 Å². The summed E-state index contributed by atoms with van der Waals surface area (Å²) in [6.45, 7) is 0.927. The summed E-state index contributed by atoms with van der Waals surface area (Å²) in [6, 6.07) is -0.822. The van der Waals surface area contributed by atoms with Gasteiger partial charge in [0.05, 0.1) is 2.74 Å². The lowest BCUT2D eigenvalue weighted by Crippen LogP contribution is -2.08. The molecule has 0 N–H and O–H groups in total. The summed E-state index contributed by atoms with van der Waals surface area (Å²) < 4.78 is 21.5. The van der Waals surface area contributed by atoms with Crippen molar-refractivity contribution >= 4 is 11.6 Å². The first-order valence-corrected chi connectivity index (χ1v) is 2.76. The van der Waals surface area contributed by atoms with Crippen molar-refractivity contribution in [2.75, 3.05) is 0 Å². The van der Waals surface area contributed by atoms with Crippen LogP contribution in [0.3, 0.4) is 0 Å². The fraction of sp³-hybridized carbons (Fsp3) is 0.250. The van der Waals surface area contributed by atoms with Crippen LogP contribution in [0.4, 0.5) is 0 Å². The minimum Gasteiger partial charge on any atom is -0.290 e. The van der Waals surface area contributed by atoms with Crippen molar-refractivity contribution in [2.24, 2.45) is 0 Å². The van der Waals surface area contributed by atoms with Crippen molar-refractivity contribution in [3.8, 4) is 0 Å². The van der Waals surface area contributed by atoms with Gasteiger partial charge in [-0.15, -0.1) is 0 Å². The molecule has 0 aromatic rings. The highest BCUT2D eigenvalue weighted by Gasteiger charge is 2.12. The van der Waals surface area contributed by atoms with Crippen LogP contribution in [0.25, 0.3) is 0 Å². The standard InChI is InChI=1S/C8H8O2/c1-5-3-8(10)6(2)4-7(5)9/h3-4H,1-2H3/i1D,3D,4D. The smallest absolute Gasteiger partial charge is 0.182 e. The Labute approximate surface area is 63.4 Å². The van der Waals surface area contributed by atoms with Crippen LogP contribution in [0.2, 0.25) is 0 Å². The molecule has 2 heteroatoms. The highest BCUT2D eigenvalue weighted by molar-refractivity contribution is 6.19. The van der Waals surface area contributed by atoms with Gasteiger partial charge in [0, 0.05) is 12.5 Å². The average Bonchev–Trinajstić information content (AvgIpc) is 2.13. The van der Waals surface area contributed by atoms with Gasteiger partial charge >= 0.3 is 0 Å². The topological polar surface area (TPSA) is 34.1 Å². The Bertz CT molecular complexity index is 352. The van der Waals surface area contributed by atoms with Gasteiger partial charge in [-0.1, -0.05) is 0 Å². The van der Waals surface area contributed by atoms with E-state index in [4.69, 9.17) is 4.11 Å². The molecule has 1 aliphatic carbocycles. The number of allylic oxidation sites excluding steroid dienone is 4. The Hall–Kier alpha value is -1.18. The van der Waals surface area contributed by atoms with Crippen molar-refractivity contribution in [1.82, 2.24) is 0 Å². The summed E-state index contributed by atoms with van der Waals surface area (Å²) in [5, 5.41) is 0. The molecule has 0 saturated heterocycles. The molecule has 2 nitrogen and oxygen atoms in total. The third-order valence-corrected chi connectivity index (χ3v) is 1.18. The molecule has 0 aromatic carbocycles. The van der Waals surface area contributed by atoms with Gasteiger partial charge in [0.25, 0.3) is 0 Å². The van der Waals surface area contributed by atoms with Crippen molar-refractivity contribution < 1.29 is 13.7 Å². The first kappa shape index (κ1) is 3.86. The van der Waals surface area contributed by atoms with Crippen LogP contribution in [0.5, 0.6) is 0 Å². The van der Waals surface area contributed by atoms with Gasteiger partial charge < -0.3 is 0 Å². The molecule has 0 atom stereocenters. The number of rotatable bonds is 0. The number of hydrogen-bond donors (Lipinski definition) is 0. The predicted molar refractivity (Wildman–Crippen MR) is 37.5 cm³/mol. The van der Waals surface area contributed by atoms with E-state index in [0.717, 1.165) is 0 Å². The van der Waals surface area contributed by atoms with Gasteiger partial charge in [0.15, 0.2) is 11.6 Å². The van der Waals surface area contributed by atoms with E-state index >= 15 is 0 Å². The lowest BCUT2D eigenvalue weighted by atomic mass is 10.00. The van der Waals surface area contributed by atoms with Gasteiger partial charge in [-0.25, -0.2) is 0 Å². The van der Waals surface area contributed by atoms with Crippen LogP contribution in [-0.2, 0) is 9.59 Å². The fourth-order valence-electron chi connectivity index (χ4n) is 0.590. The normalized spacial score (nSPS) is 24.7. The Morgan fingerprint density at radius 1 is 1.30 bits per heavy atom. The van der Waals surface area contributed by atoms with Crippen molar-refractivity contribution in [2.45, 2.75) is 13.8 Å². The zero-order valence-corrected chi connectivity index (χ0v) is 5.52. The molecule has 10 heavy (non-hydrogen) atoms. The van der Waals surface area contributed by atoms with Crippen LogP contribution in [0.1, 0.15) is 17.9 Å². The Kier molecular flexibility index (Phi) is 0.854. The van der Waals surface area contributed by atoms with Crippen LogP contribution in [0.15, 0.2) is 23.3 Å². The van der Waals surface area contributed by atoms with Crippen molar-refractivity contribution in [3.63, 3.8) is 0 Å². The molecule has 0 radical (unpaired) electrons. The third-order valence-electron chi connectivity index (χ3n) is 1.18. The molecule has 52 valence electrons. The fourth-order valence-corrected chi connectivity index (χ4v) is 0.590. The summed E-state index contributed by atoms with van der Waals surface area (Å²) in [6.07, 6.45) is 0. The molecule has 0 aromatic heterocycles. The lowest BCUT2D eigenvalue weighted by molar-refractivity contribution is -0.115. The minimum absolute atomic E-state index is 0.00722. The molecule has 0 fully saturated rings. The van der Waals surface area contributed by atoms with Crippen LogP contribution < -0.4 is 0 Å². The second-order valence-electron chi connectivity index (χ2n) is 2.01. The van der Waals surface area contributed by atoms with Crippen LogP contribution in [0, 0.1) is 0 Å². The predicted octanol–water partition coefficient (Wildman–Crippen LogP) is 1.03. The van der Waals surface area contributed by atoms with Crippen molar-refractivity contribution in [3.05, 3.63) is 23.3 Å². The Morgan fingerprint density at radius 2 is 1.80 bits per heavy atom.